The number of benzene rings is 10. The molecule has 12 aromatic rings. The van der Waals surface area contributed by atoms with Gasteiger partial charge in [0.05, 0.1) is 18.2 Å². The quantitative estimate of drug-likeness (QED) is 0.131. The molecule has 0 saturated heterocycles. The minimum absolute atomic E-state index is 0.605. The average molecular weight is 731 g/mol. The van der Waals surface area contributed by atoms with Crippen LogP contribution >= 0.6 is 0 Å². The Labute approximate surface area is 334 Å². The maximum atomic E-state index is 11.0. The molecule has 0 heterocycles. The normalized spacial score (nSPS) is 11.8. The predicted molar refractivity (Wildman–Crippen MR) is 244 cm³/mol. The molecule has 0 aliphatic carbocycles. The fourth-order valence-electron chi connectivity index (χ4n) is 10.00. The lowest BCUT2D eigenvalue weighted by atomic mass is 9.81. The van der Waals surface area contributed by atoms with Crippen LogP contribution in [0.1, 0.15) is 5.56 Å². The van der Waals surface area contributed by atoms with Gasteiger partial charge in [-0.25, -0.2) is 4.85 Å². The monoisotopic (exact) mass is 730 g/mol. The van der Waals surface area contributed by atoms with Crippen LogP contribution in [0.15, 0.2) is 182 Å². The first-order valence-corrected chi connectivity index (χ1v) is 19.6. The molecule has 0 amide bonds. The number of hydrogen-bond donors (Lipinski definition) is 0. The van der Waals surface area contributed by atoms with E-state index in [1.54, 1.807) is 0 Å². The molecule has 2 heteroatoms. The molecule has 0 atom stereocenters. The second-order valence-corrected chi connectivity index (χ2v) is 15.3. The SMILES string of the molecule is [C-]#[N+]c1ccc(-c2ccccc2)cc1-c1c2cc3c4ccccc4c4cccc(c2c(-c2cc(-c5ccccc5)ccc2C#N)c2c5cccc6cccc(c12)c65)c43. The maximum Gasteiger partial charge on any atom is 0.194 e. The van der Waals surface area contributed by atoms with Gasteiger partial charge in [0.25, 0.3) is 0 Å². The van der Waals surface area contributed by atoms with Gasteiger partial charge in [0.15, 0.2) is 5.69 Å². The third-order valence-electron chi connectivity index (χ3n) is 12.4. The van der Waals surface area contributed by atoms with Crippen molar-refractivity contribution >= 4 is 81.1 Å². The summed E-state index contributed by atoms with van der Waals surface area (Å²) < 4.78 is 0. The summed E-state index contributed by atoms with van der Waals surface area (Å²) >= 11 is 0. The zero-order valence-corrected chi connectivity index (χ0v) is 31.2. The molecule has 2 nitrogen and oxygen atoms in total. The summed E-state index contributed by atoms with van der Waals surface area (Å²) in [6.07, 6.45) is 0. The Kier molecular flexibility index (Phi) is 6.80. The standard InChI is InChI=1S/C56H30N2/c1-58-49-28-27-37(34-15-6-3-7-16-34)30-47(49)53-48-31-46-40-20-9-8-19-39(40)41-21-12-24-44(51(41)46)52(48)56(45-29-36(25-26-38(45)32-57)33-13-4-2-5-14-33)55-43-23-11-18-35-17-10-22-42(50(35)43)54(53)55/h2-31H. The average Bonchev–Trinajstić information content (AvgIpc) is 3.80. The molecule has 0 radical (unpaired) electrons. The van der Waals surface area contributed by atoms with Crippen LogP contribution in [0.25, 0.3) is 125 Å². The van der Waals surface area contributed by atoms with E-state index in [4.69, 9.17) is 6.57 Å². The minimum atomic E-state index is 0.605. The predicted octanol–water partition coefficient (Wildman–Crippen LogP) is 15.7. The highest BCUT2D eigenvalue weighted by molar-refractivity contribution is 6.45. The van der Waals surface area contributed by atoms with Crippen molar-refractivity contribution in [2.75, 3.05) is 0 Å². The molecular formula is C56H30N2. The first-order chi connectivity index (χ1) is 28.7. The zero-order chi connectivity index (χ0) is 38.5. The molecule has 58 heavy (non-hydrogen) atoms. The van der Waals surface area contributed by atoms with Crippen LogP contribution in [-0.2, 0) is 0 Å². The van der Waals surface area contributed by atoms with Crippen molar-refractivity contribution in [1.82, 2.24) is 0 Å². The first-order valence-electron chi connectivity index (χ1n) is 19.6. The van der Waals surface area contributed by atoms with E-state index in [0.29, 0.717) is 11.3 Å². The van der Waals surface area contributed by atoms with Crippen LogP contribution in [0, 0.1) is 17.9 Å². The molecule has 0 aromatic heterocycles. The molecule has 0 N–H and O–H groups in total. The molecular weight excluding hydrogens is 701 g/mol. The molecule has 264 valence electrons. The second-order valence-electron chi connectivity index (χ2n) is 15.3. The van der Waals surface area contributed by atoms with Gasteiger partial charge in [-0.1, -0.05) is 164 Å². The van der Waals surface area contributed by atoms with Crippen LogP contribution in [0.3, 0.4) is 0 Å². The van der Waals surface area contributed by atoms with Gasteiger partial charge >= 0.3 is 0 Å². The van der Waals surface area contributed by atoms with Crippen LogP contribution in [-0.4, -0.2) is 0 Å². The van der Waals surface area contributed by atoms with Crippen LogP contribution < -0.4 is 0 Å². The van der Waals surface area contributed by atoms with E-state index in [9.17, 15) is 5.26 Å². The van der Waals surface area contributed by atoms with Crippen molar-refractivity contribution in [3.8, 4) is 50.6 Å². The summed E-state index contributed by atoms with van der Waals surface area (Å²) in [6, 6.07) is 67.0. The van der Waals surface area contributed by atoms with Gasteiger partial charge in [-0.15, -0.1) is 0 Å². The van der Waals surface area contributed by atoms with E-state index in [-0.39, 0.29) is 0 Å². The van der Waals surface area contributed by atoms with Crippen molar-refractivity contribution in [2.45, 2.75) is 0 Å². The number of nitriles is 1. The lowest BCUT2D eigenvalue weighted by Crippen LogP contribution is -1.94. The highest BCUT2D eigenvalue weighted by atomic mass is 14.6. The molecule has 0 bridgehead atoms. The summed E-state index contributed by atoms with van der Waals surface area (Å²) in [4.78, 5) is 4.22. The minimum Gasteiger partial charge on any atom is -0.238 e. The van der Waals surface area contributed by atoms with Crippen molar-refractivity contribution in [2.24, 2.45) is 0 Å². The molecule has 12 rings (SSSR count). The Morgan fingerprint density at radius 3 is 1.55 bits per heavy atom. The molecule has 0 aliphatic heterocycles. The fraction of sp³-hybridized carbons (Fsp3) is 0. The highest BCUT2D eigenvalue weighted by Crippen LogP contribution is 2.56. The molecule has 0 saturated carbocycles. The van der Waals surface area contributed by atoms with Crippen molar-refractivity contribution < 1.29 is 0 Å². The van der Waals surface area contributed by atoms with Gasteiger partial charge in [0.1, 0.15) is 0 Å². The lowest BCUT2D eigenvalue weighted by molar-refractivity contribution is 1.48. The summed E-state index contributed by atoms with van der Waals surface area (Å²) in [5.41, 5.74) is 9.44. The summed E-state index contributed by atoms with van der Waals surface area (Å²) in [6.45, 7) is 8.60. The maximum absolute atomic E-state index is 11.0. The Hall–Kier alpha value is -8.04. The topological polar surface area (TPSA) is 28.1 Å². The van der Waals surface area contributed by atoms with Gasteiger partial charge in [-0.05, 0) is 133 Å². The van der Waals surface area contributed by atoms with E-state index < -0.39 is 0 Å². The third-order valence-corrected chi connectivity index (χ3v) is 12.4. The summed E-state index contributed by atoms with van der Waals surface area (Å²) in [7, 11) is 0. The highest BCUT2D eigenvalue weighted by Gasteiger charge is 2.28. The van der Waals surface area contributed by atoms with Crippen molar-refractivity contribution in [3.63, 3.8) is 0 Å². The van der Waals surface area contributed by atoms with E-state index >= 15 is 0 Å². The van der Waals surface area contributed by atoms with Gasteiger partial charge in [0, 0.05) is 5.56 Å². The van der Waals surface area contributed by atoms with Crippen LogP contribution in [0.4, 0.5) is 5.69 Å². The van der Waals surface area contributed by atoms with Crippen molar-refractivity contribution in [3.05, 3.63) is 199 Å². The number of hydrogen-bond acceptors (Lipinski definition) is 1. The largest absolute Gasteiger partial charge is 0.238 e. The second kappa shape index (κ2) is 12.2. The Balaban J connectivity index is 1.40. The Morgan fingerprint density at radius 2 is 0.897 bits per heavy atom. The smallest absolute Gasteiger partial charge is 0.194 e. The van der Waals surface area contributed by atoms with Gasteiger partial charge in [0.2, 0.25) is 0 Å². The molecule has 12 aromatic carbocycles. The van der Waals surface area contributed by atoms with Crippen LogP contribution in [0.5, 0.6) is 0 Å². The Morgan fingerprint density at radius 1 is 0.362 bits per heavy atom. The number of rotatable bonds is 4. The van der Waals surface area contributed by atoms with Gasteiger partial charge in [-0.3, -0.25) is 0 Å². The number of nitrogens with zero attached hydrogens (tertiary/aromatic N) is 2. The summed E-state index contributed by atoms with van der Waals surface area (Å²) in [5, 5.41) is 27.2. The molecule has 0 spiro atoms. The number of fused-ring (bicyclic) bond motifs is 8. The molecule has 0 fully saturated rings. The summed E-state index contributed by atoms with van der Waals surface area (Å²) in [5.74, 6) is 0. The van der Waals surface area contributed by atoms with E-state index in [1.165, 1.54) is 32.3 Å². The molecule has 0 unspecified atom stereocenters. The Bertz CT molecular complexity index is 3730. The fourth-order valence-corrected chi connectivity index (χ4v) is 10.00. The van der Waals surface area contributed by atoms with Gasteiger partial charge < -0.3 is 0 Å². The molecule has 0 aliphatic rings. The zero-order valence-electron chi connectivity index (χ0n) is 31.2. The first kappa shape index (κ1) is 32.2. The lowest BCUT2D eigenvalue weighted by Gasteiger charge is -2.21. The van der Waals surface area contributed by atoms with E-state index in [1.807, 2.05) is 24.3 Å². The van der Waals surface area contributed by atoms with E-state index in [0.717, 1.165) is 87.6 Å². The van der Waals surface area contributed by atoms with Crippen molar-refractivity contribution in [1.29, 1.82) is 5.26 Å². The van der Waals surface area contributed by atoms with E-state index in [2.05, 4.69) is 169 Å². The van der Waals surface area contributed by atoms with Gasteiger partial charge in [-0.2, -0.15) is 5.26 Å². The van der Waals surface area contributed by atoms with Crippen LogP contribution in [0.2, 0.25) is 0 Å². The third kappa shape index (κ3) is 4.40.